The second kappa shape index (κ2) is 4.30. The molecule has 0 aliphatic rings. The number of hydrogen-bond acceptors (Lipinski definition) is 2. The van der Waals surface area contributed by atoms with Crippen LogP contribution in [0.2, 0.25) is 0 Å². The number of benzene rings is 1. The summed E-state index contributed by atoms with van der Waals surface area (Å²) in [6.45, 7) is 0. The van der Waals surface area contributed by atoms with Crippen LogP contribution in [0.15, 0.2) is 53.1 Å². The van der Waals surface area contributed by atoms with E-state index in [1.165, 1.54) is 0 Å². The Morgan fingerprint density at radius 2 is 1.93 bits per heavy atom. The van der Waals surface area contributed by atoms with E-state index in [2.05, 4.69) is 6.07 Å². The molecule has 2 heteroatoms. The van der Waals surface area contributed by atoms with Gasteiger partial charge in [-0.15, -0.1) is 0 Å². The first-order chi connectivity index (χ1) is 7.40. The second-order valence-corrected chi connectivity index (χ2v) is 3.06. The van der Waals surface area contributed by atoms with Gasteiger partial charge in [-0.3, -0.25) is 0 Å². The third-order valence-corrected chi connectivity index (χ3v) is 2.02. The van der Waals surface area contributed by atoms with Crippen LogP contribution < -0.4 is 0 Å². The molecule has 1 heterocycles. The lowest BCUT2D eigenvalue weighted by atomic mass is 10.1. The van der Waals surface area contributed by atoms with E-state index < -0.39 is 0 Å². The van der Waals surface area contributed by atoms with Gasteiger partial charge in [0.15, 0.2) is 0 Å². The van der Waals surface area contributed by atoms with Crippen LogP contribution in [0.5, 0.6) is 0 Å². The highest BCUT2D eigenvalue weighted by Crippen LogP contribution is 2.17. The van der Waals surface area contributed by atoms with Crippen LogP contribution in [0.25, 0.3) is 11.6 Å². The highest BCUT2D eigenvalue weighted by Gasteiger charge is 2.02. The van der Waals surface area contributed by atoms with Gasteiger partial charge in [0.1, 0.15) is 11.8 Å². The van der Waals surface area contributed by atoms with E-state index in [0.717, 1.165) is 5.56 Å². The number of hydrogen-bond donors (Lipinski definition) is 0. The van der Waals surface area contributed by atoms with Gasteiger partial charge in [0.2, 0.25) is 0 Å². The van der Waals surface area contributed by atoms with Crippen LogP contribution in [0.1, 0.15) is 11.3 Å². The highest BCUT2D eigenvalue weighted by molar-refractivity contribution is 5.87. The van der Waals surface area contributed by atoms with Crippen molar-refractivity contribution in [3.63, 3.8) is 0 Å². The maximum atomic E-state index is 8.98. The zero-order chi connectivity index (χ0) is 10.5. The number of rotatable bonds is 2. The molecule has 2 rings (SSSR count). The Morgan fingerprint density at radius 3 is 2.53 bits per heavy atom. The molecule has 0 aliphatic heterocycles. The fourth-order valence-corrected chi connectivity index (χ4v) is 1.31. The summed E-state index contributed by atoms with van der Waals surface area (Å²) in [5, 5.41) is 8.98. The van der Waals surface area contributed by atoms with Gasteiger partial charge in [-0.2, -0.15) is 5.26 Å². The average molecular weight is 195 g/mol. The summed E-state index contributed by atoms with van der Waals surface area (Å²) in [6, 6.07) is 15.4. The minimum atomic E-state index is 0.534. The molecule has 1 aromatic heterocycles. The van der Waals surface area contributed by atoms with E-state index in [4.69, 9.17) is 9.68 Å². The molecule has 0 spiro atoms. The molecule has 0 saturated heterocycles. The lowest BCUT2D eigenvalue weighted by Crippen LogP contribution is -1.77. The molecule has 15 heavy (non-hydrogen) atoms. The molecule has 1 aromatic carbocycles. The van der Waals surface area contributed by atoms with Crippen molar-refractivity contribution in [2.75, 3.05) is 0 Å². The van der Waals surface area contributed by atoms with Crippen LogP contribution in [0.4, 0.5) is 0 Å². The number of nitriles is 1. The minimum absolute atomic E-state index is 0.534. The quantitative estimate of drug-likeness (QED) is 0.689. The molecule has 0 aliphatic carbocycles. The fourth-order valence-electron chi connectivity index (χ4n) is 1.31. The topological polar surface area (TPSA) is 36.9 Å². The first-order valence-electron chi connectivity index (χ1n) is 4.61. The van der Waals surface area contributed by atoms with Gasteiger partial charge < -0.3 is 4.42 Å². The van der Waals surface area contributed by atoms with Crippen molar-refractivity contribution in [3.8, 4) is 6.07 Å². The zero-order valence-electron chi connectivity index (χ0n) is 8.05. The fraction of sp³-hybridized carbons (Fsp3) is 0. The van der Waals surface area contributed by atoms with E-state index in [-0.39, 0.29) is 0 Å². The molecule has 72 valence electrons. The second-order valence-electron chi connectivity index (χ2n) is 3.06. The van der Waals surface area contributed by atoms with Gasteiger partial charge in [-0.05, 0) is 23.8 Å². The van der Waals surface area contributed by atoms with Crippen LogP contribution >= 0.6 is 0 Å². The molecule has 2 aromatic rings. The molecule has 0 N–H and O–H groups in total. The zero-order valence-corrected chi connectivity index (χ0v) is 8.05. The summed E-state index contributed by atoms with van der Waals surface area (Å²) < 4.78 is 5.17. The Morgan fingerprint density at radius 1 is 1.13 bits per heavy atom. The van der Waals surface area contributed by atoms with E-state index >= 15 is 0 Å². The molecule has 0 saturated carbocycles. The minimum Gasteiger partial charge on any atom is -0.464 e. The van der Waals surface area contributed by atoms with Crippen LogP contribution in [-0.2, 0) is 0 Å². The predicted octanol–water partition coefficient (Wildman–Crippen LogP) is 3.34. The molecule has 0 atom stereocenters. The lowest BCUT2D eigenvalue weighted by Gasteiger charge is -1.94. The molecule has 0 amide bonds. The van der Waals surface area contributed by atoms with Crippen molar-refractivity contribution in [2.24, 2.45) is 0 Å². The number of furan rings is 1. The van der Waals surface area contributed by atoms with Gasteiger partial charge >= 0.3 is 0 Å². The summed E-state index contributed by atoms with van der Waals surface area (Å²) in [6.07, 6.45) is 3.37. The standard InChI is InChI=1S/C13H9NO/c14-10-12(13-7-4-8-15-13)9-11-5-2-1-3-6-11/h1-9H/b12-9+. The highest BCUT2D eigenvalue weighted by atomic mass is 16.3. The van der Waals surface area contributed by atoms with E-state index in [9.17, 15) is 0 Å². The molecular formula is C13H9NO. The molecule has 0 bridgehead atoms. The summed E-state index contributed by atoms with van der Waals surface area (Å²) in [5.74, 6) is 0.598. The largest absolute Gasteiger partial charge is 0.464 e. The van der Waals surface area contributed by atoms with Gasteiger partial charge in [0, 0.05) is 0 Å². The van der Waals surface area contributed by atoms with Crippen molar-refractivity contribution in [1.29, 1.82) is 5.26 Å². The van der Waals surface area contributed by atoms with E-state index in [1.54, 1.807) is 24.5 Å². The van der Waals surface area contributed by atoms with Crippen molar-refractivity contribution in [3.05, 3.63) is 60.1 Å². The third-order valence-electron chi connectivity index (χ3n) is 2.02. The Balaban J connectivity index is 2.37. The normalized spacial score (nSPS) is 11.0. The first-order valence-corrected chi connectivity index (χ1v) is 4.61. The Kier molecular flexibility index (Phi) is 2.66. The molecular weight excluding hydrogens is 186 g/mol. The molecule has 2 nitrogen and oxygen atoms in total. The summed E-state index contributed by atoms with van der Waals surface area (Å²) in [5.41, 5.74) is 1.52. The summed E-state index contributed by atoms with van der Waals surface area (Å²) in [7, 11) is 0. The van der Waals surface area contributed by atoms with Gasteiger partial charge in [0.05, 0.1) is 11.8 Å². The number of allylic oxidation sites excluding steroid dienone is 1. The van der Waals surface area contributed by atoms with Crippen LogP contribution in [0.3, 0.4) is 0 Å². The Hall–Kier alpha value is -2.27. The third kappa shape index (κ3) is 2.15. The lowest BCUT2D eigenvalue weighted by molar-refractivity contribution is 0.555. The Bertz CT molecular complexity index is 489. The number of nitrogens with zero attached hydrogens (tertiary/aromatic N) is 1. The van der Waals surface area contributed by atoms with Crippen LogP contribution in [0, 0.1) is 11.3 Å². The van der Waals surface area contributed by atoms with Gasteiger partial charge in [-0.25, -0.2) is 0 Å². The predicted molar refractivity (Wildman–Crippen MR) is 58.6 cm³/mol. The maximum absolute atomic E-state index is 8.98. The van der Waals surface area contributed by atoms with E-state index in [0.29, 0.717) is 11.3 Å². The van der Waals surface area contributed by atoms with Gasteiger partial charge in [0.25, 0.3) is 0 Å². The average Bonchev–Trinajstić information content (AvgIpc) is 2.81. The van der Waals surface area contributed by atoms with Crippen molar-refractivity contribution < 1.29 is 4.42 Å². The smallest absolute Gasteiger partial charge is 0.144 e. The molecule has 0 unspecified atom stereocenters. The monoisotopic (exact) mass is 195 g/mol. The summed E-state index contributed by atoms with van der Waals surface area (Å²) in [4.78, 5) is 0. The van der Waals surface area contributed by atoms with Crippen molar-refractivity contribution in [2.45, 2.75) is 0 Å². The van der Waals surface area contributed by atoms with Crippen LogP contribution in [-0.4, -0.2) is 0 Å². The van der Waals surface area contributed by atoms with E-state index in [1.807, 2.05) is 30.3 Å². The SMILES string of the molecule is N#C/C(=C\c1ccccc1)c1ccco1. The Labute approximate surface area is 88.1 Å². The summed E-state index contributed by atoms with van der Waals surface area (Å²) >= 11 is 0. The van der Waals surface area contributed by atoms with Crippen molar-refractivity contribution in [1.82, 2.24) is 0 Å². The first kappa shape index (κ1) is 9.29. The maximum Gasteiger partial charge on any atom is 0.144 e. The molecule has 0 fully saturated rings. The van der Waals surface area contributed by atoms with Gasteiger partial charge in [-0.1, -0.05) is 30.3 Å². The van der Waals surface area contributed by atoms with Crippen molar-refractivity contribution >= 4 is 11.6 Å². The molecule has 0 radical (unpaired) electrons.